The average Bonchev–Trinajstić information content (AvgIpc) is 2.63. The molecule has 2 atom stereocenters. The third kappa shape index (κ3) is 2.35. The van der Waals surface area contributed by atoms with E-state index in [1.54, 1.807) is 4.31 Å². The van der Waals surface area contributed by atoms with E-state index in [1.165, 1.54) is 6.07 Å². The molecule has 1 aromatic carbocycles. The molecule has 20 heavy (non-hydrogen) atoms. The summed E-state index contributed by atoms with van der Waals surface area (Å²) in [4.78, 5) is -0.000586. The topological polar surface area (TPSA) is 49.4 Å². The Balaban J connectivity index is 2.03. The van der Waals surface area contributed by atoms with Gasteiger partial charge in [-0.25, -0.2) is 12.8 Å². The van der Waals surface area contributed by atoms with Crippen LogP contribution in [0, 0.1) is 5.82 Å². The van der Waals surface area contributed by atoms with Gasteiger partial charge >= 0.3 is 0 Å². The molecule has 2 bridgehead atoms. The molecule has 0 spiro atoms. The van der Waals surface area contributed by atoms with Crippen molar-refractivity contribution in [2.24, 2.45) is 0 Å². The fourth-order valence-corrected chi connectivity index (χ4v) is 5.54. The molecular weight excluding hydrogens is 303 g/mol. The lowest BCUT2D eigenvalue weighted by atomic mass is 10.1. The van der Waals surface area contributed by atoms with Gasteiger partial charge in [0.25, 0.3) is 0 Å². The summed E-state index contributed by atoms with van der Waals surface area (Å²) in [5.41, 5.74) is 0. The van der Waals surface area contributed by atoms with Gasteiger partial charge in [-0.3, -0.25) is 0 Å². The third-order valence-corrected chi connectivity index (χ3v) is 6.52. The number of nitrogens with one attached hydrogen (secondary N) is 1. The van der Waals surface area contributed by atoms with E-state index in [2.05, 4.69) is 5.32 Å². The van der Waals surface area contributed by atoms with Gasteiger partial charge in [0.15, 0.2) is 0 Å². The highest BCUT2D eigenvalue weighted by Gasteiger charge is 2.43. The number of nitrogens with zero attached hydrogens (tertiary/aromatic N) is 1. The van der Waals surface area contributed by atoms with Crippen LogP contribution in [-0.2, 0) is 10.0 Å². The van der Waals surface area contributed by atoms with E-state index in [4.69, 9.17) is 11.6 Å². The van der Waals surface area contributed by atoms with Gasteiger partial charge in [0.1, 0.15) is 10.7 Å². The molecule has 2 aliphatic rings. The molecule has 0 amide bonds. The predicted molar refractivity (Wildman–Crippen MR) is 74.7 cm³/mol. The Bertz CT molecular complexity index is 609. The van der Waals surface area contributed by atoms with Crippen molar-refractivity contribution >= 4 is 21.6 Å². The lowest BCUT2D eigenvalue weighted by Gasteiger charge is -2.27. The molecule has 3 rings (SSSR count). The smallest absolute Gasteiger partial charge is 0.245 e. The second-order valence-electron chi connectivity index (χ2n) is 5.29. The first-order valence-corrected chi connectivity index (χ1v) is 8.51. The maximum atomic E-state index is 13.1. The van der Waals surface area contributed by atoms with Gasteiger partial charge < -0.3 is 5.32 Å². The molecule has 0 aromatic heterocycles. The zero-order valence-corrected chi connectivity index (χ0v) is 12.4. The largest absolute Gasteiger partial charge is 0.315 e. The molecule has 2 unspecified atom stereocenters. The summed E-state index contributed by atoms with van der Waals surface area (Å²) >= 11 is 5.93. The van der Waals surface area contributed by atoms with Crippen molar-refractivity contribution in [3.05, 3.63) is 29.0 Å². The molecule has 2 heterocycles. The Hall–Kier alpha value is -0.690. The highest BCUT2D eigenvalue weighted by molar-refractivity contribution is 7.89. The van der Waals surface area contributed by atoms with E-state index in [0.29, 0.717) is 6.54 Å². The molecular formula is C13H16ClFN2O2S. The van der Waals surface area contributed by atoms with E-state index >= 15 is 0 Å². The van der Waals surface area contributed by atoms with Gasteiger partial charge in [-0.2, -0.15) is 4.31 Å². The quantitative estimate of drug-likeness (QED) is 0.907. The lowest BCUT2D eigenvalue weighted by molar-refractivity contribution is 0.334. The van der Waals surface area contributed by atoms with Gasteiger partial charge in [0.2, 0.25) is 10.0 Å². The van der Waals surface area contributed by atoms with Gasteiger partial charge in [-0.05, 0) is 44.0 Å². The number of hydrogen-bond acceptors (Lipinski definition) is 3. The van der Waals surface area contributed by atoms with Crippen LogP contribution in [0.5, 0.6) is 0 Å². The predicted octanol–water partition coefficient (Wildman–Crippen LogP) is 1.99. The Morgan fingerprint density at radius 3 is 2.75 bits per heavy atom. The van der Waals surface area contributed by atoms with Gasteiger partial charge in [0, 0.05) is 18.6 Å². The van der Waals surface area contributed by atoms with Crippen LogP contribution in [0.1, 0.15) is 19.3 Å². The number of rotatable bonds is 2. The monoisotopic (exact) mass is 318 g/mol. The SMILES string of the molecule is O=S(=O)(c1ccc(F)cc1Cl)N1C2CCNCC1CC2. The molecule has 0 saturated carbocycles. The number of halogens is 2. The summed E-state index contributed by atoms with van der Waals surface area (Å²) < 4.78 is 40.3. The van der Waals surface area contributed by atoms with E-state index < -0.39 is 15.8 Å². The summed E-state index contributed by atoms with van der Waals surface area (Å²) in [5.74, 6) is -0.533. The van der Waals surface area contributed by atoms with Crippen LogP contribution in [0.25, 0.3) is 0 Å². The van der Waals surface area contributed by atoms with Crippen molar-refractivity contribution in [2.45, 2.75) is 36.2 Å². The maximum Gasteiger partial charge on any atom is 0.245 e. The molecule has 4 nitrogen and oxygen atoms in total. The average molecular weight is 319 g/mol. The minimum absolute atomic E-state index is 0.000586. The van der Waals surface area contributed by atoms with Crippen LogP contribution in [0.4, 0.5) is 4.39 Å². The summed E-state index contributed by atoms with van der Waals surface area (Å²) in [5, 5.41) is 3.20. The normalized spacial score (nSPS) is 27.5. The zero-order chi connectivity index (χ0) is 14.3. The minimum Gasteiger partial charge on any atom is -0.315 e. The summed E-state index contributed by atoms with van der Waals surface area (Å²) in [6.45, 7) is 1.49. The van der Waals surface area contributed by atoms with E-state index in [9.17, 15) is 12.8 Å². The molecule has 2 fully saturated rings. The summed E-state index contributed by atoms with van der Waals surface area (Å²) in [7, 11) is -3.67. The molecule has 0 radical (unpaired) electrons. The summed E-state index contributed by atoms with van der Waals surface area (Å²) in [6.07, 6.45) is 2.54. The molecule has 2 saturated heterocycles. The van der Waals surface area contributed by atoms with Crippen LogP contribution in [0.2, 0.25) is 5.02 Å². The van der Waals surface area contributed by atoms with Gasteiger partial charge in [-0.1, -0.05) is 11.6 Å². The van der Waals surface area contributed by atoms with E-state index in [-0.39, 0.29) is 22.0 Å². The van der Waals surface area contributed by atoms with Crippen LogP contribution in [0.15, 0.2) is 23.1 Å². The minimum atomic E-state index is -3.67. The first-order valence-electron chi connectivity index (χ1n) is 6.69. The third-order valence-electron chi connectivity index (χ3n) is 4.04. The van der Waals surface area contributed by atoms with Crippen molar-refractivity contribution in [2.75, 3.05) is 13.1 Å². The van der Waals surface area contributed by atoms with Gasteiger partial charge in [0.05, 0.1) is 5.02 Å². The molecule has 110 valence electrons. The lowest BCUT2D eigenvalue weighted by Crippen LogP contribution is -2.42. The Morgan fingerprint density at radius 2 is 2.00 bits per heavy atom. The second kappa shape index (κ2) is 5.26. The van der Waals surface area contributed by atoms with Crippen LogP contribution < -0.4 is 5.32 Å². The Labute approximate surface area is 123 Å². The first kappa shape index (κ1) is 14.3. The fraction of sp³-hybridized carbons (Fsp3) is 0.538. The van der Waals surface area contributed by atoms with Crippen molar-refractivity contribution in [1.82, 2.24) is 9.62 Å². The second-order valence-corrected chi connectivity index (χ2v) is 7.51. The van der Waals surface area contributed by atoms with Gasteiger partial charge in [-0.15, -0.1) is 0 Å². The van der Waals surface area contributed by atoms with E-state index in [1.807, 2.05) is 0 Å². The van der Waals surface area contributed by atoms with Crippen molar-refractivity contribution in [3.63, 3.8) is 0 Å². The number of sulfonamides is 1. The number of fused-ring (bicyclic) bond motifs is 2. The van der Waals surface area contributed by atoms with E-state index in [0.717, 1.165) is 37.9 Å². The van der Waals surface area contributed by atoms with Crippen LogP contribution >= 0.6 is 11.6 Å². The maximum absolute atomic E-state index is 13.1. The molecule has 1 N–H and O–H groups in total. The standard InChI is InChI=1S/C13H16ClFN2O2S/c14-12-7-9(15)1-4-13(12)20(18,19)17-10-2-3-11(17)8-16-6-5-10/h1,4,7,10-11,16H,2-3,5-6,8H2. The van der Waals surface area contributed by atoms with Crippen LogP contribution in [-0.4, -0.2) is 37.9 Å². The first-order chi connectivity index (χ1) is 9.50. The molecule has 2 aliphatic heterocycles. The molecule has 0 aliphatic carbocycles. The van der Waals surface area contributed by atoms with Crippen LogP contribution in [0.3, 0.4) is 0 Å². The zero-order valence-electron chi connectivity index (χ0n) is 10.9. The van der Waals surface area contributed by atoms with Crippen molar-refractivity contribution in [1.29, 1.82) is 0 Å². The fourth-order valence-electron chi connectivity index (χ4n) is 3.13. The molecule has 7 heteroatoms. The Kier molecular flexibility index (Phi) is 3.75. The summed E-state index contributed by atoms with van der Waals surface area (Å²) in [6, 6.07) is 3.42. The van der Waals surface area contributed by atoms with Crippen molar-refractivity contribution < 1.29 is 12.8 Å². The highest BCUT2D eigenvalue weighted by atomic mass is 35.5. The number of benzene rings is 1. The molecule has 1 aromatic rings. The van der Waals surface area contributed by atoms with Crippen molar-refractivity contribution in [3.8, 4) is 0 Å². The highest BCUT2D eigenvalue weighted by Crippen LogP contribution is 2.35. The Morgan fingerprint density at radius 1 is 1.25 bits per heavy atom. The number of hydrogen-bond donors (Lipinski definition) is 1.